The number of hydrogen-bond acceptors (Lipinski definition) is 10. The van der Waals surface area contributed by atoms with Crippen LogP contribution in [-0.4, -0.2) is 108 Å². The summed E-state index contributed by atoms with van der Waals surface area (Å²) >= 11 is 0. The number of allylic oxidation sites excluding steroid dienone is 4. The molecule has 1 amide bonds. The van der Waals surface area contributed by atoms with E-state index in [1.54, 1.807) is 26.8 Å². The first kappa shape index (κ1) is 44.9. The minimum Gasteiger partial charge on any atom is -0.456 e. The van der Waals surface area contributed by atoms with Crippen molar-refractivity contribution in [2.24, 2.45) is 29.6 Å². The van der Waals surface area contributed by atoms with Crippen LogP contribution in [-0.2, 0) is 38.1 Å². The van der Waals surface area contributed by atoms with Crippen LogP contribution < -0.4 is 0 Å². The zero-order valence-electron chi connectivity index (χ0n) is 34.0. The van der Waals surface area contributed by atoms with Gasteiger partial charge in [0.2, 0.25) is 5.79 Å². The monoisotopic (exact) mass is 775 g/mol. The maximum atomic E-state index is 14.2. The highest BCUT2D eigenvalue weighted by Crippen LogP contribution is 2.39. The van der Waals surface area contributed by atoms with E-state index in [9.17, 15) is 33.8 Å². The van der Waals surface area contributed by atoms with Crippen LogP contribution in [0.3, 0.4) is 0 Å². The van der Waals surface area contributed by atoms with Gasteiger partial charge in [-0.25, -0.2) is 9.18 Å². The lowest BCUT2D eigenvalue weighted by Gasteiger charge is -2.47. The lowest BCUT2D eigenvalue weighted by molar-refractivity contribution is -0.302. The summed E-state index contributed by atoms with van der Waals surface area (Å²) in [5, 5.41) is 23.6. The average Bonchev–Trinajstić information content (AvgIpc) is 3.16. The molecule has 4 aliphatic rings. The van der Waals surface area contributed by atoms with Crippen LogP contribution in [0.5, 0.6) is 0 Å². The third-order valence-electron chi connectivity index (χ3n) is 12.5. The Hall–Kier alpha value is -2.77. The summed E-state index contributed by atoms with van der Waals surface area (Å²) in [7, 11) is 3.05. The summed E-state index contributed by atoms with van der Waals surface area (Å²) in [5.41, 5.74) is 1.62. The summed E-state index contributed by atoms with van der Waals surface area (Å²) in [6.45, 7) is 13.1. The number of nitrogens with zero attached hydrogens (tertiary/aromatic N) is 1. The standard InChI is InChI=1S/C43H66FNO10/c1-9-12-31-20-25(2)19-26(3)21-36(52-7)39-37(53-8)23-28(5)43(51,55-39)40(48)41(49)45-18-11-10-13-33(45)42(50)54-38(29(6)34(46)24-35(31)47)27(4)22-30-14-16-32(44)17-15-30/h9,20,22,26,28-34,36-39,46,51H,1,10-19,21,23-24H2,2-8H3/b25-20+,27-22+/t26-,28+,29+,30-,31+,32+,33-,34-,36-,37-,38+,39+,43+/m0/s1. The molecule has 3 heterocycles. The molecule has 3 fully saturated rings. The molecule has 3 aliphatic heterocycles. The Balaban J connectivity index is 1.77. The molecule has 0 spiro atoms. The van der Waals surface area contributed by atoms with Crippen LogP contribution >= 0.6 is 0 Å². The lowest BCUT2D eigenvalue weighted by atomic mass is 9.82. The fraction of sp³-hybridized carbons (Fsp3) is 0.767. The Morgan fingerprint density at radius 3 is 2.31 bits per heavy atom. The average molecular weight is 776 g/mol. The quantitative estimate of drug-likeness (QED) is 0.187. The van der Waals surface area contributed by atoms with Gasteiger partial charge in [-0.2, -0.15) is 0 Å². The molecule has 0 aromatic rings. The molecule has 0 aromatic heterocycles. The molecule has 310 valence electrons. The van der Waals surface area contributed by atoms with Crippen molar-refractivity contribution in [3.8, 4) is 0 Å². The number of esters is 1. The van der Waals surface area contributed by atoms with Gasteiger partial charge >= 0.3 is 5.97 Å². The summed E-state index contributed by atoms with van der Waals surface area (Å²) in [5.74, 6) is -7.66. The molecule has 11 nitrogen and oxygen atoms in total. The Bertz CT molecular complexity index is 1420. The minimum absolute atomic E-state index is 0.0130. The number of Topliss-reactive ketones (excluding diaryl/α,β-unsaturated/α-hetero) is 2. The lowest BCUT2D eigenvalue weighted by Crippen LogP contribution is -2.64. The van der Waals surface area contributed by atoms with Gasteiger partial charge in [-0.05, 0) is 102 Å². The van der Waals surface area contributed by atoms with Gasteiger partial charge in [0.15, 0.2) is 0 Å². The number of ketones is 2. The van der Waals surface area contributed by atoms with Gasteiger partial charge in [0.05, 0.1) is 18.3 Å². The van der Waals surface area contributed by atoms with Gasteiger partial charge < -0.3 is 34.1 Å². The largest absolute Gasteiger partial charge is 0.456 e. The summed E-state index contributed by atoms with van der Waals surface area (Å²) in [6, 6.07) is -1.13. The van der Waals surface area contributed by atoms with Crippen molar-refractivity contribution < 1.29 is 52.7 Å². The van der Waals surface area contributed by atoms with Gasteiger partial charge in [-0.1, -0.05) is 44.6 Å². The number of amides is 1. The number of aliphatic hydroxyl groups is 2. The van der Waals surface area contributed by atoms with E-state index in [0.29, 0.717) is 63.4 Å². The number of cyclic esters (lactones) is 1. The second kappa shape index (κ2) is 20.1. The van der Waals surface area contributed by atoms with Crippen LogP contribution in [0.1, 0.15) is 112 Å². The fourth-order valence-corrected chi connectivity index (χ4v) is 9.12. The van der Waals surface area contributed by atoms with E-state index in [1.165, 1.54) is 19.1 Å². The number of carbonyl (C=O) groups excluding carboxylic acids is 4. The Morgan fingerprint density at radius 1 is 1.02 bits per heavy atom. The van der Waals surface area contributed by atoms with Crippen molar-refractivity contribution in [2.45, 2.75) is 160 Å². The SMILES string of the molecule is C=CC[C@@H]1/C=C(\C)C[C@H](C)C[C@H](OC)[C@H]2O[C@@](O)(C(=O)C(=O)N3CCCC[C@H]3C(=O)O[C@H](/C(C)=C/[C@H]3CC[C@@H](F)CC3)[C@H](C)[C@@H](O)CC1=O)[C@H](C)C[C@@H]2OC. The fourth-order valence-electron chi connectivity index (χ4n) is 9.12. The Morgan fingerprint density at radius 2 is 1.67 bits per heavy atom. The summed E-state index contributed by atoms with van der Waals surface area (Å²) < 4.78 is 38.1. The predicted molar refractivity (Wildman–Crippen MR) is 205 cm³/mol. The van der Waals surface area contributed by atoms with Gasteiger partial charge in [0.25, 0.3) is 11.7 Å². The topological polar surface area (TPSA) is 149 Å². The van der Waals surface area contributed by atoms with Crippen LogP contribution in [0.4, 0.5) is 4.39 Å². The maximum Gasteiger partial charge on any atom is 0.329 e. The molecule has 2 bridgehead atoms. The Kier molecular flexibility index (Phi) is 16.4. The van der Waals surface area contributed by atoms with E-state index in [0.717, 1.165) is 5.57 Å². The highest BCUT2D eigenvalue weighted by atomic mass is 19.1. The van der Waals surface area contributed by atoms with E-state index in [-0.39, 0.29) is 43.4 Å². The van der Waals surface area contributed by atoms with Crippen molar-refractivity contribution in [2.75, 3.05) is 20.8 Å². The van der Waals surface area contributed by atoms with E-state index in [4.69, 9.17) is 18.9 Å². The number of alkyl halides is 1. The highest BCUT2D eigenvalue weighted by molar-refractivity contribution is 6.39. The summed E-state index contributed by atoms with van der Waals surface area (Å²) in [4.78, 5) is 57.5. The number of fused-ring (bicyclic) bond motifs is 3. The van der Waals surface area contributed by atoms with Crippen molar-refractivity contribution in [1.82, 2.24) is 4.90 Å². The second-order valence-electron chi connectivity index (χ2n) is 16.9. The van der Waals surface area contributed by atoms with Gasteiger partial charge in [0, 0.05) is 44.9 Å². The number of hydrogen-bond donors (Lipinski definition) is 2. The number of carbonyl (C=O) groups is 4. The molecule has 2 N–H and O–H groups in total. The zero-order chi connectivity index (χ0) is 40.6. The maximum absolute atomic E-state index is 14.2. The Labute approximate surface area is 327 Å². The van der Waals surface area contributed by atoms with Gasteiger partial charge in [-0.3, -0.25) is 14.4 Å². The molecule has 0 radical (unpaired) electrons. The first-order chi connectivity index (χ1) is 26.0. The third-order valence-corrected chi connectivity index (χ3v) is 12.5. The molecule has 55 heavy (non-hydrogen) atoms. The molecule has 2 saturated heterocycles. The predicted octanol–water partition coefficient (Wildman–Crippen LogP) is 5.99. The molecule has 12 heteroatoms. The number of aliphatic hydroxyl groups excluding tert-OH is 1. The van der Waals surface area contributed by atoms with Crippen LogP contribution in [0.15, 0.2) is 36.0 Å². The molecular weight excluding hydrogens is 709 g/mol. The molecule has 4 rings (SSSR count). The van der Waals surface area contributed by atoms with Gasteiger partial charge in [-0.15, -0.1) is 6.58 Å². The smallest absolute Gasteiger partial charge is 0.329 e. The van der Waals surface area contributed by atoms with E-state index in [2.05, 4.69) is 6.58 Å². The zero-order valence-corrected chi connectivity index (χ0v) is 34.0. The number of ether oxygens (including phenoxy) is 4. The molecule has 1 aliphatic carbocycles. The summed E-state index contributed by atoms with van der Waals surface area (Å²) in [6.07, 6.45) is 5.47. The number of methoxy groups -OCH3 is 2. The van der Waals surface area contributed by atoms with Crippen molar-refractivity contribution >= 4 is 23.4 Å². The normalized spacial score (nSPS) is 40.7. The van der Waals surface area contributed by atoms with E-state index in [1.807, 2.05) is 26.0 Å². The van der Waals surface area contributed by atoms with Crippen LogP contribution in [0, 0.1) is 29.6 Å². The molecule has 0 aromatic carbocycles. The highest BCUT2D eigenvalue weighted by Gasteiger charge is 2.56. The first-order valence-electron chi connectivity index (χ1n) is 20.4. The number of piperidine rings is 1. The number of halogens is 1. The van der Waals surface area contributed by atoms with Crippen molar-refractivity contribution in [3.63, 3.8) is 0 Å². The number of rotatable bonds is 6. The third kappa shape index (κ3) is 11.0. The van der Waals surface area contributed by atoms with Crippen molar-refractivity contribution in [3.05, 3.63) is 36.0 Å². The molecular formula is C43H66FNO10. The minimum atomic E-state index is -2.51. The molecule has 0 unspecified atom stereocenters. The second-order valence-corrected chi connectivity index (χ2v) is 16.9. The molecule has 11 atom stereocenters. The van der Waals surface area contributed by atoms with Crippen LogP contribution in [0.25, 0.3) is 0 Å². The first-order valence-corrected chi connectivity index (χ1v) is 20.4. The van der Waals surface area contributed by atoms with E-state index < -0.39 is 83.9 Å². The van der Waals surface area contributed by atoms with Crippen LogP contribution in [0.2, 0.25) is 0 Å². The van der Waals surface area contributed by atoms with Crippen molar-refractivity contribution in [1.29, 1.82) is 0 Å². The molecule has 1 saturated carbocycles. The van der Waals surface area contributed by atoms with Gasteiger partial charge in [0.1, 0.15) is 30.2 Å². The van der Waals surface area contributed by atoms with E-state index >= 15 is 0 Å².